The van der Waals surface area contributed by atoms with Gasteiger partial charge in [-0.1, -0.05) is 58.4 Å². The van der Waals surface area contributed by atoms with Crippen molar-refractivity contribution in [1.82, 2.24) is 4.90 Å². The first-order chi connectivity index (χ1) is 11.5. The predicted molar refractivity (Wildman–Crippen MR) is 101 cm³/mol. The summed E-state index contributed by atoms with van der Waals surface area (Å²) in [5.41, 5.74) is 8.66. The summed E-state index contributed by atoms with van der Waals surface area (Å²) in [7, 11) is 1.87. The van der Waals surface area contributed by atoms with Crippen molar-refractivity contribution in [2.75, 3.05) is 13.6 Å². The molecule has 0 unspecified atom stereocenters. The summed E-state index contributed by atoms with van der Waals surface area (Å²) in [6.07, 6.45) is 2.83. The lowest BCUT2D eigenvalue weighted by Crippen LogP contribution is -2.45. The van der Waals surface area contributed by atoms with Gasteiger partial charge in [-0.3, -0.25) is 4.79 Å². The van der Waals surface area contributed by atoms with Gasteiger partial charge >= 0.3 is 0 Å². The van der Waals surface area contributed by atoms with Crippen LogP contribution >= 0.6 is 15.9 Å². The molecule has 126 valence electrons. The second-order valence-electron chi connectivity index (χ2n) is 6.78. The highest BCUT2D eigenvalue weighted by Gasteiger charge is 2.45. The highest BCUT2D eigenvalue weighted by Crippen LogP contribution is 2.48. The van der Waals surface area contributed by atoms with Crippen molar-refractivity contribution >= 4 is 21.8 Å². The second-order valence-corrected chi connectivity index (χ2v) is 7.69. The molecule has 0 spiro atoms. The maximum Gasteiger partial charge on any atom is 0.239 e. The molecular weight excluding hydrogens is 364 g/mol. The molecule has 1 saturated carbocycles. The fourth-order valence-corrected chi connectivity index (χ4v) is 3.53. The van der Waals surface area contributed by atoms with Crippen LogP contribution in [0.4, 0.5) is 0 Å². The Kier molecular flexibility index (Phi) is 5.07. The molecule has 0 heterocycles. The van der Waals surface area contributed by atoms with Crippen LogP contribution in [0.2, 0.25) is 0 Å². The van der Waals surface area contributed by atoms with E-state index in [-0.39, 0.29) is 11.3 Å². The van der Waals surface area contributed by atoms with Crippen molar-refractivity contribution in [2.45, 2.75) is 30.7 Å². The molecule has 4 heteroatoms. The van der Waals surface area contributed by atoms with Crippen LogP contribution in [0.15, 0.2) is 59.1 Å². The van der Waals surface area contributed by atoms with E-state index in [1.165, 1.54) is 5.56 Å². The largest absolute Gasteiger partial charge is 0.344 e. The molecule has 2 N–H and O–H groups in total. The minimum Gasteiger partial charge on any atom is -0.344 e. The van der Waals surface area contributed by atoms with Crippen LogP contribution < -0.4 is 5.73 Å². The van der Waals surface area contributed by atoms with Crippen molar-refractivity contribution in [3.63, 3.8) is 0 Å². The Labute approximate surface area is 152 Å². The normalized spacial score (nSPS) is 16.5. The molecule has 0 radical (unpaired) electrons. The van der Waals surface area contributed by atoms with Gasteiger partial charge in [0.15, 0.2) is 0 Å². The number of rotatable bonds is 6. The van der Waals surface area contributed by atoms with Gasteiger partial charge in [0.2, 0.25) is 5.91 Å². The molecule has 3 rings (SSSR count). The Morgan fingerprint density at radius 3 is 2.38 bits per heavy atom. The highest BCUT2D eigenvalue weighted by atomic mass is 79.9. The fraction of sp³-hybridized carbons (Fsp3) is 0.350. The van der Waals surface area contributed by atoms with Gasteiger partial charge in [0.1, 0.15) is 0 Å². The number of halogens is 1. The standard InChI is InChI=1S/C20H23BrN2O/c1-23(19(24)18(22)13-15-5-3-2-4-6-15)14-20(11-12-20)16-7-9-17(21)10-8-16/h2-10,18H,11-14,22H2,1H3/t18-/m0/s1. The number of carbonyl (C=O) groups excluding carboxylic acids is 1. The topological polar surface area (TPSA) is 46.3 Å². The van der Waals surface area contributed by atoms with Crippen molar-refractivity contribution in [1.29, 1.82) is 0 Å². The van der Waals surface area contributed by atoms with E-state index in [0.717, 1.165) is 29.4 Å². The number of hydrogen-bond acceptors (Lipinski definition) is 2. The van der Waals surface area contributed by atoms with E-state index in [0.29, 0.717) is 6.42 Å². The van der Waals surface area contributed by atoms with Gasteiger partial charge in [0.05, 0.1) is 6.04 Å². The van der Waals surface area contributed by atoms with Crippen LogP contribution in [0.5, 0.6) is 0 Å². The SMILES string of the molecule is CN(CC1(c2ccc(Br)cc2)CC1)C(=O)[C@@H](N)Cc1ccccc1. The maximum absolute atomic E-state index is 12.6. The molecule has 1 fully saturated rings. The number of amides is 1. The minimum absolute atomic E-state index is 0.0160. The third-order valence-electron chi connectivity index (χ3n) is 4.84. The van der Waals surface area contributed by atoms with Gasteiger partial charge in [-0.15, -0.1) is 0 Å². The number of likely N-dealkylation sites (N-methyl/N-ethyl adjacent to an activating group) is 1. The van der Waals surface area contributed by atoms with E-state index in [2.05, 4.69) is 40.2 Å². The summed E-state index contributed by atoms with van der Waals surface area (Å²) >= 11 is 3.48. The summed E-state index contributed by atoms with van der Waals surface area (Å²) in [5, 5.41) is 0. The zero-order chi connectivity index (χ0) is 17.2. The molecule has 1 aliphatic carbocycles. The summed E-state index contributed by atoms with van der Waals surface area (Å²) in [5.74, 6) is 0.0160. The molecule has 2 aromatic carbocycles. The van der Waals surface area contributed by atoms with E-state index in [1.807, 2.05) is 42.3 Å². The van der Waals surface area contributed by atoms with Gasteiger partial charge in [-0.25, -0.2) is 0 Å². The molecule has 0 aromatic heterocycles. The average Bonchev–Trinajstić information content (AvgIpc) is 3.36. The third-order valence-corrected chi connectivity index (χ3v) is 5.37. The monoisotopic (exact) mass is 386 g/mol. The van der Waals surface area contributed by atoms with Crippen molar-refractivity contribution < 1.29 is 4.79 Å². The molecule has 0 aliphatic heterocycles. The Balaban J connectivity index is 1.62. The molecule has 1 amide bonds. The average molecular weight is 387 g/mol. The molecule has 3 nitrogen and oxygen atoms in total. The molecular formula is C20H23BrN2O. The van der Waals surface area contributed by atoms with Crippen LogP contribution in [0.25, 0.3) is 0 Å². The van der Waals surface area contributed by atoms with Crippen molar-refractivity contribution in [3.8, 4) is 0 Å². The van der Waals surface area contributed by atoms with Crippen LogP contribution in [0.1, 0.15) is 24.0 Å². The van der Waals surface area contributed by atoms with Crippen molar-refractivity contribution in [3.05, 3.63) is 70.2 Å². The number of carbonyl (C=O) groups is 1. The van der Waals surface area contributed by atoms with E-state index in [9.17, 15) is 4.79 Å². The molecule has 1 atom stereocenters. The Hall–Kier alpha value is -1.65. The first-order valence-electron chi connectivity index (χ1n) is 8.31. The number of nitrogens with two attached hydrogens (primary N) is 1. The lowest BCUT2D eigenvalue weighted by Gasteiger charge is -2.27. The van der Waals surface area contributed by atoms with Gasteiger partial charge in [0, 0.05) is 23.5 Å². The third kappa shape index (κ3) is 3.87. The van der Waals surface area contributed by atoms with E-state index < -0.39 is 6.04 Å². The molecule has 0 bridgehead atoms. The first-order valence-corrected chi connectivity index (χ1v) is 9.10. The quantitative estimate of drug-likeness (QED) is 0.825. The highest BCUT2D eigenvalue weighted by molar-refractivity contribution is 9.10. The van der Waals surface area contributed by atoms with Gasteiger partial charge in [-0.05, 0) is 42.5 Å². The summed E-state index contributed by atoms with van der Waals surface area (Å²) < 4.78 is 1.08. The summed E-state index contributed by atoms with van der Waals surface area (Å²) in [4.78, 5) is 14.4. The summed E-state index contributed by atoms with van der Waals surface area (Å²) in [6.45, 7) is 0.732. The lowest BCUT2D eigenvalue weighted by molar-refractivity contribution is -0.131. The zero-order valence-corrected chi connectivity index (χ0v) is 15.5. The van der Waals surface area contributed by atoms with Crippen LogP contribution in [-0.2, 0) is 16.6 Å². The molecule has 2 aromatic rings. The van der Waals surface area contributed by atoms with E-state index in [4.69, 9.17) is 5.73 Å². The Morgan fingerprint density at radius 1 is 1.17 bits per heavy atom. The minimum atomic E-state index is -0.488. The molecule has 0 saturated heterocycles. The van der Waals surface area contributed by atoms with E-state index in [1.54, 1.807) is 0 Å². The molecule has 1 aliphatic rings. The first kappa shape index (κ1) is 17.2. The van der Waals surface area contributed by atoms with Crippen LogP contribution in [0, 0.1) is 0 Å². The van der Waals surface area contributed by atoms with Gasteiger partial charge in [-0.2, -0.15) is 0 Å². The number of hydrogen-bond donors (Lipinski definition) is 1. The number of benzene rings is 2. The maximum atomic E-state index is 12.6. The predicted octanol–water partition coefficient (Wildman–Crippen LogP) is 3.51. The van der Waals surface area contributed by atoms with Gasteiger partial charge < -0.3 is 10.6 Å². The Morgan fingerprint density at radius 2 is 1.79 bits per heavy atom. The Bertz CT molecular complexity index is 695. The molecule has 24 heavy (non-hydrogen) atoms. The van der Waals surface area contributed by atoms with Crippen molar-refractivity contribution in [2.24, 2.45) is 5.73 Å². The summed E-state index contributed by atoms with van der Waals surface area (Å²) in [6, 6.07) is 17.9. The number of nitrogens with zero attached hydrogens (tertiary/aromatic N) is 1. The second kappa shape index (κ2) is 7.08. The van der Waals surface area contributed by atoms with Gasteiger partial charge in [0.25, 0.3) is 0 Å². The lowest BCUT2D eigenvalue weighted by atomic mass is 9.95. The van der Waals surface area contributed by atoms with Crippen LogP contribution in [-0.4, -0.2) is 30.4 Å². The fourth-order valence-electron chi connectivity index (χ4n) is 3.26. The van der Waals surface area contributed by atoms with E-state index >= 15 is 0 Å². The van der Waals surface area contributed by atoms with Crippen LogP contribution in [0.3, 0.4) is 0 Å². The smallest absolute Gasteiger partial charge is 0.239 e. The zero-order valence-electron chi connectivity index (χ0n) is 13.9.